The monoisotopic (exact) mass is 299 g/mol. The van der Waals surface area contributed by atoms with E-state index in [0.717, 1.165) is 11.1 Å². The molecule has 1 amide bonds. The number of benzene rings is 1. The second kappa shape index (κ2) is 8.91. The number of nitrogens with zero attached hydrogens (tertiary/aromatic N) is 2. The summed E-state index contributed by atoms with van der Waals surface area (Å²) in [5.41, 5.74) is 7.02. The SMILES string of the molecule is C=CCc1cccnc1C(=NO)c1ccccc1.NC(=O)O. The second-order valence-electron chi connectivity index (χ2n) is 4.16. The predicted octanol–water partition coefficient (Wildman–Crippen LogP) is 2.66. The smallest absolute Gasteiger partial charge is 0.402 e. The Balaban J connectivity index is 0.000000541. The molecule has 1 aromatic carbocycles. The number of nitrogens with two attached hydrogens (primary N) is 1. The van der Waals surface area contributed by atoms with Crippen LogP contribution in [0.2, 0.25) is 0 Å². The minimum atomic E-state index is -1.33. The molecule has 2 aromatic rings. The number of allylic oxidation sites excluding steroid dienone is 1. The summed E-state index contributed by atoms with van der Waals surface area (Å²) >= 11 is 0. The van der Waals surface area contributed by atoms with Gasteiger partial charge in [0.05, 0.1) is 5.69 Å². The third-order valence-electron chi connectivity index (χ3n) is 2.63. The predicted molar refractivity (Wildman–Crippen MR) is 84.2 cm³/mol. The fourth-order valence-electron chi connectivity index (χ4n) is 1.81. The van der Waals surface area contributed by atoms with Gasteiger partial charge in [-0.25, -0.2) is 4.79 Å². The Hall–Kier alpha value is -3.15. The molecule has 0 aliphatic heterocycles. The number of hydrogen-bond donors (Lipinski definition) is 3. The lowest BCUT2D eigenvalue weighted by Crippen LogP contribution is -2.09. The molecule has 2 rings (SSSR count). The standard InChI is InChI=1S/C15H14N2O.CH3NO2/c1-2-7-12-10-6-11-16-14(12)15(17-18)13-8-4-3-5-9-13;2-1(3)4/h2-6,8-11,18H,1,7H2;2H2,(H,3,4). The summed E-state index contributed by atoms with van der Waals surface area (Å²) in [6.45, 7) is 3.72. The third kappa shape index (κ3) is 5.09. The van der Waals surface area contributed by atoms with Crippen LogP contribution >= 0.6 is 0 Å². The van der Waals surface area contributed by atoms with Crippen molar-refractivity contribution in [3.63, 3.8) is 0 Å². The lowest BCUT2D eigenvalue weighted by Gasteiger charge is -2.08. The molecule has 0 radical (unpaired) electrons. The minimum Gasteiger partial charge on any atom is -0.465 e. The van der Waals surface area contributed by atoms with Gasteiger partial charge in [0, 0.05) is 11.8 Å². The molecule has 0 spiro atoms. The van der Waals surface area contributed by atoms with Crippen LogP contribution in [0, 0.1) is 0 Å². The first kappa shape index (κ1) is 16.9. The van der Waals surface area contributed by atoms with E-state index in [1.165, 1.54) is 0 Å². The zero-order valence-electron chi connectivity index (χ0n) is 11.9. The Morgan fingerprint density at radius 2 is 1.91 bits per heavy atom. The largest absolute Gasteiger partial charge is 0.465 e. The van der Waals surface area contributed by atoms with Gasteiger partial charge in [0.1, 0.15) is 5.71 Å². The van der Waals surface area contributed by atoms with Crippen LogP contribution in [0.25, 0.3) is 0 Å². The highest BCUT2D eigenvalue weighted by molar-refractivity contribution is 6.12. The van der Waals surface area contributed by atoms with Crippen LogP contribution in [-0.2, 0) is 6.42 Å². The summed E-state index contributed by atoms with van der Waals surface area (Å²) in [5, 5.41) is 19.8. The Bertz CT molecular complexity index is 651. The molecule has 0 bridgehead atoms. The average Bonchev–Trinajstić information content (AvgIpc) is 2.50. The lowest BCUT2D eigenvalue weighted by molar-refractivity contribution is 0.205. The number of primary amides is 1. The number of pyridine rings is 1. The van der Waals surface area contributed by atoms with Gasteiger partial charge >= 0.3 is 6.09 Å². The molecular formula is C16H17N3O3. The summed E-state index contributed by atoms with van der Waals surface area (Å²) in [5.74, 6) is 0. The van der Waals surface area contributed by atoms with Crippen LogP contribution in [0.3, 0.4) is 0 Å². The van der Waals surface area contributed by atoms with E-state index in [2.05, 4.69) is 22.5 Å². The van der Waals surface area contributed by atoms with Gasteiger partial charge in [0.2, 0.25) is 0 Å². The van der Waals surface area contributed by atoms with E-state index < -0.39 is 6.09 Å². The number of carboxylic acid groups (broad SMARTS) is 1. The summed E-state index contributed by atoms with van der Waals surface area (Å²) in [4.78, 5) is 13.1. The maximum atomic E-state index is 9.25. The molecule has 0 aliphatic carbocycles. The molecule has 6 nitrogen and oxygen atoms in total. The topological polar surface area (TPSA) is 109 Å². The van der Waals surface area contributed by atoms with Crippen molar-refractivity contribution in [2.24, 2.45) is 10.9 Å². The van der Waals surface area contributed by atoms with Crippen molar-refractivity contribution in [2.75, 3.05) is 0 Å². The highest BCUT2D eigenvalue weighted by Gasteiger charge is 2.12. The van der Waals surface area contributed by atoms with E-state index in [9.17, 15) is 5.21 Å². The molecule has 0 fully saturated rings. The maximum absolute atomic E-state index is 9.25. The van der Waals surface area contributed by atoms with Gasteiger partial charge in [0.15, 0.2) is 0 Å². The average molecular weight is 299 g/mol. The van der Waals surface area contributed by atoms with Crippen molar-refractivity contribution < 1.29 is 15.1 Å². The third-order valence-corrected chi connectivity index (χ3v) is 2.63. The van der Waals surface area contributed by atoms with Crippen LogP contribution in [0.4, 0.5) is 4.79 Å². The fourth-order valence-corrected chi connectivity index (χ4v) is 1.81. The van der Waals surface area contributed by atoms with E-state index in [1.54, 1.807) is 12.3 Å². The first-order chi connectivity index (χ1) is 10.6. The van der Waals surface area contributed by atoms with E-state index >= 15 is 0 Å². The van der Waals surface area contributed by atoms with Crippen LogP contribution in [-0.4, -0.2) is 27.1 Å². The molecule has 6 heteroatoms. The molecule has 114 valence electrons. The molecule has 0 atom stereocenters. The highest BCUT2D eigenvalue weighted by Crippen LogP contribution is 2.14. The van der Waals surface area contributed by atoms with Gasteiger partial charge in [-0.05, 0) is 18.1 Å². The van der Waals surface area contributed by atoms with Crippen LogP contribution < -0.4 is 5.73 Å². The number of amides is 1. The quantitative estimate of drug-likeness (QED) is 0.349. The van der Waals surface area contributed by atoms with E-state index in [1.807, 2.05) is 42.5 Å². The van der Waals surface area contributed by atoms with Crippen molar-refractivity contribution >= 4 is 11.8 Å². The van der Waals surface area contributed by atoms with Crippen molar-refractivity contribution in [3.8, 4) is 0 Å². The molecular weight excluding hydrogens is 282 g/mol. The molecule has 22 heavy (non-hydrogen) atoms. The molecule has 0 saturated carbocycles. The Kier molecular flexibility index (Phi) is 6.85. The number of aromatic nitrogens is 1. The highest BCUT2D eigenvalue weighted by atomic mass is 16.4. The lowest BCUT2D eigenvalue weighted by atomic mass is 10.0. The Morgan fingerprint density at radius 3 is 2.45 bits per heavy atom. The zero-order valence-corrected chi connectivity index (χ0v) is 11.9. The second-order valence-corrected chi connectivity index (χ2v) is 4.16. The van der Waals surface area contributed by atoms with Gasteiger partial charge < -0.3 is 16.0 Å². The molecule has 1 heterocycles. The molecule has 0 unspecified atom stereocenters. The van der Waals surface area contributed by atoms with E-state index in [0.29, 0.717) is 17.8 Å². The van der Waals surface area contributed by atoms with Gasteiger partial charge in [0.25, 0.3) is 0 Å². The van der Waals surface area contributed by atoms with Crippen molar-refractivity contribution in [3.05, 3.63) is 78.1 Å². The van der Waals surface area contributed by atoms with Gasteiger partial charge in [-0.2, -0.15) is 0 Å². The van der Waals surface area contributed by atoms with Crippen LogP contribution in [0.5, 0.6) is 0 Å². The minimum absolute atomic E-state index is 0.480. The van der Waals surface area contributed by atoms with Crippen molar-refractivity contribution in [2.45, 2.75) is 6.42 Å². The van der Waals surface area contributed by atoms with Gasteiger partial charge in [-0.3, -0.25) is 4.98 Å². The molecule has 0 aliphatic rings. The molecule has 1 aromatic heterocycles. The van der Waals surface area contributed by atoms with E-state index in [-0.39, 0.29) is 0 Å². The van der Waals surface area contributed by atoms with Gasteiger partial charge in [-0.1, -0.05) is 47.6 Å². The van der Waals surface area contributed by atoms with Crippen LogP contribution in [0.15, 0.2) is 66.5 Å². The van der Waals surface area contributed by atoms with E-state index in [4.69, 9.17) is 9.90 Å². The maximum Gasteiger partial charge on any atom is 0.402 e. The summed E-state index contributed by atoms with van der Waals surface area (Å²) in [6, 6.07) is 13.3. The summed E-state index contributed by atoms with van der Waals surface area (Å²) < 4.78 is 0. The number of hydrogen-bond acceptors (Lipinski definition) is 4. The van der Waals surface area contributed by atoms with Gasteiger partial charge in [-0.15, -0.1) is 6.58 Å². The molecule has 0 saturated heterocycles. The number of rotatable bonds is 4. The zero-order chi connectivity index (χ0) is 16.4. The first-order valence-corrected chi connectivity index (χ1v) is 6.41. The summed E-state index contributed by atoms with van der Waals surface area (Å²) in [7, 11) is 0. The van der Waals surface area contributed by atoms with Crippen molar-refractivity contribution in [1.29, 1.82) is 0 Å². The number of oxime groups is 1. The first-order valence-electron chi connectivity index (χ1n) is 6.41. The normalized spacial score (nSPS) is 10.3. The van der Waals surface area contributed by atoms with Crippen molar-refractivity contribution in [1.82, 2.24) is 4.98 Å². The Morgan fingerprint density at radius 1 is 1.27 bits per heavy atom. The number of carbonyl (C=O) groups is 1. The Labute approximate surface area is 128 Å². The van der Waals surface area contributed by atoms with Crippen LogP contribution in [0.1, 0.15) is 16.8 Å². The molecule has 4 N–H and O–H groups in total. The summed E-state index contributed by atoms with van der Waals surface area (Å²) in [6.07, 6.45) is 2.85. The fraction of sp³-hybridized carbons (Fsp3) is 0.0625.